The largest absolute Gasteiger partial charge is 0.381 e. The van der Waals surface area contributed by atoms with Gasteiger partial charge in [-0.25, -0.2) is 0 Å². The van der Waals surface area contributed by atoms with Gasteiger partial charge in [0.2, 0.25) is 5.91 Å². The lowest BCUT2D eigenvalue weighted by molar-refractivity contribution is -0.133. The second-order valence-corrected chi connectivity index (χ2v) is 5.56. The molecule has 1 fully saturated rings. The van der Waals surface area contributed by atoms with E-state index < -0.39 is 0 Å². The van der Waals surface area contributed by atoms with Gasteiger partial charge >= 0.3 is 0 Å². The molecule has 0 saturated heterocycles. The number of amides is 1. The number of carbonyl (C=O) groups excluding carboxylic acids is 1. The lowest BCUT2D eigenvalue weighted by atomic mass is 9.64. The maximum atomic E-state index is 11.8. The van der Waals surface area contributed by atoms with Crippen LogP contribution in [0.2, 0.25) is 0 Å². The Morgan fingerprint density at radius 3 is 2.65 bits per heavy atom. The third-order valence-corrected chi connectivity index (χ3v) is 3.84. The molecule has 0 aromatic carbocycles. The average molecular weight is 242 g/mol. The molecule has 1 aliphatic carbocycles. The zero-order chi connectivity index (χ0) is 13.1. The highest BCUT2D eigenvalue weighted by Crippen LogP contribution is 2.42. The van der Waals surface area contributed by atoms with Crippen molar-refractivity contribution in [3.8, 4) is 0 Å². The molecule has 0 aromatic rings. The van der Waals surface area contributed by atoms with Gasteiger partial charge in [0, 0.05) is 31.0 Å². The van der Waals surface area contributed by atoms with E-state index in [0.29, 0.717) is 6.42 Å². The highest BCUT2D eigenvalue weighted by atomic mass is 16.5. The highest BCUT2D eigenvalue weighted by molar-refractivity contribution is 5.77. The normalized spacial score (nSPS) is 28.3. The Hall–Kier alpha value is -0.610. The van der Waals surface area contributed by atoms with Crippen molar-refractivity contribution >= 4 is 5.91 Å². The lowest BCUT2D eigenvalue weighted by Crippen LogP contribution is -2.62. The van der Waals surface area contributed by atoms with Gasteiger partial charge in [-0.15, -0.1) is 0 Å². The molecule has 0 heterocycles. The smallest absolute Gasteiger partial charge is 0.221 e. The summed E-state index contributed by atoms with van der Waals surface area (Å²) < 4.78 is 5.37. The van der Waals surface area contributed by atoms with Crippen molar-refractivity contribution in [1.82, 2.24) is 10.6 Å². The van der Waals surface area contributed by atoms with Crippen molar-refractivity contribution in [2.45, 2.75) is 58.7 Å². The Morgan fingerprint density at radius 2 is 2.18 bits per heavy atom. The van der Waals surface area contributed by atoms with Crippen LogP contribution in [-0.2, 0) is 9.53 Å². The first-order valence-electron chi connectivity index (χ1n) is 6.47. The zero-order valence-corrected chi connectivity index (χ0v) is 11.7. The maximum Gasteiger partial charge on any atom is 0.221 e. The third kappa shape index (κ3) is 3.42. The van der Waals surface area contributed by atoms with Crippen LogP contribution in [0, 0.1) is 5.41 Å². The number of hydrogen-bond donors (Lipinski definition) is 2. The van der Waals surface area contributed by atoms with Crippen LogP contribution in [0.25, 0.3) is 0 Å². The molecule has 0 bridgehead atoms. The topological polar surface area (TPSA) is 50.4 Å². The fraction of sp³-hybridized carbons (Fsp3) is 0.923. The molecule has 100 valence electrons. The van der Waals surface area contributed by atoms with Crippen LogP contribution in [0.1, 0.15) is 40.5 Å². The molecule has 17 heavy (non-hydrogen) atoms. The number of hydrogen-bond acceptors (Lipinski definition) is 3. The molecular weight excluding hydrogens is 216 g/mol. The van der Waals surface area contributed by atoms with Gasteiger partial charge in [-0.05, 0) is 19.9 Å². The maximum absolute atomic E-state index is 11.8. The molecule has 2 N–H and O–H groups in total. The number of methoxy groups -OCH3 is 1. The summed E-state index contributed by atoms with van der Waals surface area (Å²) in [5.74, 6) is 0.131. The van der Waals surface area contributed by atoms with Crippen LogP contribution in [0.4, 0.5) is 0 Å². The molecule has 4 nitrogen and oxygen atoms in total. The Balaban J connectivity index is 2.33. The Labute approximate surface area is 104 Å². The van der Waals surface area contributed by atoms with Gasteiger partial charge in [0.25, 0.3) is 0 Å². The lowest BCUT2D eigenvalue weighted by Gasteiger charge is -2.51. The predicted molar refractivity (Wildman–Crippen MR) is 68.9 cm³/mol. The summed E-state index contributed by atoms with van der Waals surface area (Å²) >= 11 is 0. The molecule has 1 aliphatic rings. The number of nitrogens with one attached hydrogen (secondary N) is 2. The third-order valence-electron chi connectivity index (χ3n) is 3.84. The van der Waals surface area contributed by atoms with Gasteiger partial charge in [-0.1, -0.05) is 20.8 Å². The molecule has 0 aromatic heterocycles. The van der Waals surface area contributed by atoms with Crippen molar-refractivity contribution in [2.24, 2.45) is 5.41 Å². The van der Waals surface area contributed by atoms with E-state index in [2.05, 4.69) is 24.5 Å². The van der Waals surface area contributed by atoms with Crippen LogP contribution in [0.15, 0.2) is 0 Å². The SMILES string of the molecule is CCNC(C)CC(=O)NC1CC(OC)C1(C)C. The summed E-state index contributed by atoms with van der Waals surface area (Å²) in [6.45, 7) is 9.27. The number of rotatable bonds is 6. The second kappa shape index (κ2) is 5.83. The molecule has 0 radical (unpaired) electrons. The van der Waals surface area contributed by atoms with E-state index in [4.69, 9.17) is 4.74 Å². The highest BCUT2D eigenvalue weighted by Gasteiger charge is 2.49. The summed E-state index contributed by atoms with van der Waals surface area (Å²) in [4.78, 5) is 11.8. The van der Waals surface area contributed by atoms with Crippen LogP contribution in [-0.4, -0.2) is 37.7 Å². The molecule has 4 heteroatoms. The van der Waals surface area contributed by atoms with Gasteiger partial charge in [0.05, 0.1) is 6.10 Å². The van der Waals surface area contributed by atoms with E-state index in [1.54, 1.807) is 7.11 Å². The predicted octanol–water partition coefficient (Wildman–Crippen LogP) is 1.30. The fourth-order valence-corrected chi connectivity index (χ4v) is 2.48. The average Bonchev–Trinajstić information content (AvgIpc) is 2.23. The van der Waals surface area contributed by atoms with Crippen LogP contribution in [0.5, 0.6) is 0 Å². The summed E-state index contributed by atoms with van der Waals surface area (Å²) in [6, 6.07) is 0.482. The van der Waals surface area contributed by atoms with Crippen molar-refractivity contribution in [1.29, 1.82) is 0 Å². The van der Waals surface area contributed by atoms with Gasteiger partial charge in [0.1, 0.15) is 0 Å². The molecule has 3 atom stereocenters. The first-order valence-corrected chi connectivity index (χ1v) is 6.47. The van der Waals surface area contributed by atoms with Gasteiger partial charge < -0.3 is 15.4 Å². The Kier molecular flexibility index (Phi) is 4.95. The standard InChI is InChI=1S/C13H26N2O2/c1-6-14-9(2)7-12(16)15-10-8-11(17-5)13(10,3)4/h9-11,14H,6-8H2,1-5H3,(H,15,16). The van der Waals surface area contributed by atoms with Crippen molar-refractivity contribution in [2.75, 3.05) is 13.7 Å². The first-order chi connectivity index (χ1) is 7.91. The first kappa shape index (κ1) is 14.5. The minimum atomic E-state index is 0.0475. The summed E-state index contributed by atoms with van der Waals surface area (Å²) in [5, 5.41) is 6.34. The van der Waals surface area contributed by atoms with Gasteiger partial charge in [-0.2, -0.15) is 0 Å². The van der Waals surface area contributed by atoms with Crippen molar-refractivity contribution < 1.29 is 9.53 Å². The molecule has 1 amide bonds. The van der Waals surface area contributed by atoms with E-state index in [-0.39, 0.29) is 29.5 Å². The molecule has 0 aliphatic heterocycles. The summed E-state index contributed by atoms with van der Waals surface area (Å²) in [7, 11) is 1.73. The molecular formula is C13H26N2O2. The minimum absolute atomic E-state index is 0.0475. The van der Waals surface area contributed by atoms with E-state index >= 15 is 0 Å². The van der Waals surface area contributed by atoms with Gasteiger partial charge in [-0.3, -0.25) is 4.79 Å². The quantitative estimate of drug-likeness (QED) is 0.738. The molecule has 1 rings (SSSR count). The van der Waals surface area contributed by atoms with E-state index in [0.717, 1.165) is 13.0 Å². The monoisotopic (exact) mass is 242 g/mol. The van der Waals surface area contributed by atoms with Crippen molar-refractivity contribution in [3.63, 3.8) is 0 Å². The zero-order valence-electron chi connectivity index (χ0n) is 11.7. The minimum Gasteiger partial charge on any atom is -0.381 e. The van der Waals surface area contributed by atoms with Crippen LogP contribution < -0.4 is 10.6 Å². The number of carbonyl (C=O) groups is 1. The fourth-order valence-electron chi connectivity index (χ4n) is 2.48. The molecule has 0 spiro atoms. The van der Waals surface area contributed by atoms with E-state index in [1.165, 1.54) is 0 Å². The molecule has 3 unspecified atom stereocenters. The Bertz CT molecular complexity index is 266. The van der Waals surface area contributed by atoms with Crippen LogP contribution >= 0.6 is 0 Å². The summed E-state index contributed by atoms with van der Waals surface area (Å²) in [6.07, 6.45) is 1.72. The van der Waals surface area contributed by atoms with E-state index in [1.807, 2.05) is 13.8 Å². The number of ether oxygens (including phenoxy) is 1. The molecule has 1 saturated carbocycles. The summed E-state index contributed by atoms with van der Waals surface area (Å²) in [5.41, 5.74) is 0.0475. The van der Waals surface area contributed by atoms with Gasteiger partial charge in [0.15, 0.2) is 0 Å². The Morgan fingerprint density at radius 1 is 1.53 bits per heavy atom. The second-order valence-electron chi connectivity index (χ2n) is 5.56. The van der Waals surface area contributed by atoms with Crippen LogP contribution in [0.3, 0.4) is 0 Å². The van der Waals surface area contributed by atoms with Crippen molar-refractivity contribution in [3.05, 3.63) is 0 Å². The van der Waals surface area contributed by atoms with E-state index in [9.17, 15) is 4.79 Å².